The van der Waals surface area contributed by atoms with E-state index in [4.69, 9.17) is 0 Å². The van der Waals surface area contributed by atoms with Crippen LogP contribution in [0, 0.1) is 11.6 Å². The van der Waals surface area contributed by atoms with E-state index >= 15 is 0 Å². The van der Waals surface area contributed by atoms with Crippen molar-refractivity contribution in [1.29, 1.82) is 0 Å². The molecule has 0 atom stereocenters. The quantitative estimate of drug-likeness (QED) is 0.743. The Bertz CT molecular complexity index is 661. The van der Waals surface area contributed by atoms with Gasteiger partial charge in [-0.2, -0.15) is 0 Å². The molecule has 0 fully saturated rings. The zero-order valence-corrected chi connectivity index (χ0v) is 8.52. The fraction of sp³-hybridized carbons (Fsp3) is 0. The van der Waals surface area contributed by atoms with Crippen LogP contribution < -0.4 is 11.4 Å². The van der Waals surface area contributed by atoms with E-state index < -0.39 is 23.0 Å². The number of H-pyrrole nitrogens is 1. The van der Waals surface area contributed by atoms with Crippen molar-refractivity contribution in [2.75, 3.05) is 0 Å². The number of benzene rings is 1. The molecule has 0 bridgehead atoms. The molecular weight excluding hydrogens is 276 g/mol. The Morgan fingerprint density at radius 2 is 1.93 bits per heavy atom. The lowest BCUT2D eigenvalue weighted by Gasteiger charge is -2.00. The Kier molecular flexibility index (Phi) is 2.18. The molecule has 0 radical (unpaired) electrons. The van der Waals surface area contributed by atoms with Crippen LogP contribution in [0.5, 0.6) is 0 Å². The fourth-order valence-electron chi connectivity index (χ4n) is 1.17. The van der Waals surface area contributed by atoms with Gasteiger partial charge in [-0.15, -0.1) is 0 Å². The molecule has 0 aliphatic heterocycles. The van der Waals surface area contributed by atoms with E-state index in [-0.39, 0.29) is 15.4 Å². The molecule has 0 spiro atoms. The van der Waals surface area contributed by atoms with Crippen LogP contribution in [0.15, 0.2) is 24.5 Å². The van der Waals surface area contributed by atoms with Crippen LogP contribution in [0.4, 0.5) is 8.78 Å². The summed E-state index contributed by atoms with van der Waals surface area (Å²) >= 11 is 2.77. The molecule has 2 aromatic rings. The van der Waals surface area contributed by atoms with Crippen molar-refractivity contribution in [2.45, 2.75) is 0 Å². The third-order valence-electron chi connectivity index (χ3n) is 1.79. The number of fused-ring (bicyclic) bond motifs is 1. The Hall–Kier alpha value is -1.50. The topological polar surface area (TPSA) is 63.1 Å². The van der Waals surface area contributed by atoms with Gasteiger partial charge in [-0.25, -0.2) is 18.4 Å². The minimum Gasteiger partial charge on any atom is -0.372 e. The summed E-state index contributed by atoms with van der Waals surface area (Å²) in [6.45, 7) is 0. The molecule has 15 heavy (non-hydrogen) atoms. The van der Waals surface area contributed by atoms with Gasteiger partial charge in [-0.3, -0.25) is 4.98 Å². The van der Waals surface area contributed by atoms with Gasteiger partial charge in [0.05, 0.1) is 9.99 Å². The Balaban J connectivity index is 3.17. The van der Waals surface area contributed by atoms with Crippen LogP contribution in [-0.4, -0.2) is 4.98 Å². The number of aromatic amines is 1. The normalized spacial score (nSPS) is 10.9. The molecule has 0 saturated heterocycles. The molecule has 0 unspecified atom stereocenters. The summed E-state index contributed by atoms with van der Waals surface area (Å²) < 4.78 is 30.1. The molecular formula is C8H2BrF2NO3. The van der Waals surface area contributed by atoms with Gasteiger partial charge >= 0.3 is 11.4 Å². The number of hydrogen-bond donors (Lipinski definition) is 1. The van der Waals surface area contributed by atoms with E-state index in [1.165, 1.54) is 0 Å². The highest BCUT2D eigenvalue weighted by molar-refractivity contribution is 9.10. The average molecular weight is 278 g/mol. The van der Waals surface area contributed by atoms with Gasteiger partial charge in [-0.05, 0) is 15.9 Å². The zero-order valence-electron chi connectivity index (χ0n) is 6.94. The van der Waals surface area contributed by atoms with Gasteiger partial charge in [0.2, 0.25) is 0 Å². The second kappa shape index (κ2) is 3.27. The molecule has 78 valence electrons. The van der Waals surface area contributed by atoms with E-state index in [0.717, 1.165) is 0 Å². The van der Waals surface area contributed by atoms with Gasteiger partial charge in [0, 0.05) is 6.07 Å². The highest BCUT2D eigenvalue weighted by Crippen LogP contribution is 2.24. The standard InChI is InChI=1S/C8H2BrF2NO3/c9-5-2(10)1-3(11)6-4(5)7(13)15-8(14)12-6/h1H,(H,12,14). The second-order valence-corrected chi connectivity index (χ2v) is 3.50. The summed E-state index contributed by atoms with van der Waals surface area (Å²) in [5, 5.41) is -0.368. The van der Waals surface area contributed by atoms with Crippen LogP contribution in [0.3, 0.4) is 0 Å². The van der Waals surface area contributed by atoms with E-state index in [9.17, 15) is 18.4 Å². The first-order valence-electron chi connectivity index (χ1n) is 3.71. The third kappa shape index (κ3) is 1.48. The maximum atomic E-state index is 13.2. The minimum atomic E-state index is -1.10. The molecule has 0 aliphatic rings. The maximum absolute atomic E-state index is 13.2. The summed E-state index contributed by atoms with van der Waals surface area (Å²) in [5.74, 6) is -3.07. The molecule has 0 amide bonds. The second-order valence-electron chi connectivity index (χ2n) is 2.71. The lowest BCUT2D eigenvalue weighted by Crippen LogP contribution is -2.16. The first kappa shape index (κ1) is 10.0. The highest BCUT2D eigenvalue weighted by atomic mass is 79.9. The van der Waals surface area contributed by atoms with Gasteiger partial charge in [0.1, 0.15) is 11.2 Å². The zero-order chi connectivity index (χ0) is 11.2. The van der Waals surface area contributed by atoms with E-state index in [0.29, 0.717) is 6.07 Å². The predicted octanol–water partition coefficient (Wildman–Crippen LogP) is 1.52. The number of nitrogens with one attached hydrogen (secondary N) is 1. The van der Waals surface area contributed by atoms with Crippen molar-refractivity contribution in [2.24, 2.45) is 0 Å². The van der Waals surface area contributed by atoms with Crippen LogP contribution in [0.2, 0.25) is 0 Å². The first-order valence-corrected chi connectivity index (χ1v) is 4.50. The van der Waals surface area contributed by atoms with E-state index in [1.807, 2.05) is 4.98 Å². The summed E-state index contributed by atoms with van der Waals surface area (Å²) in [5.41, 5.74) is -1.48. The van der Waals surface area contributed by atoms with Crippen molar-refractivity contribution in [1.82, 2.24) is 4.98 Å². The molecule has 4 nitrogen and oxygen atoms in total. The van der Waals surface area contributed by atoms with Gasteiger partial charge in [-0.1, -0.05) is 0 Å². The highest BCUT2D eigenvalue weighted by Gasteiger charge is 2.15. The van der Waals surface area contributed by atoms with Gasteiger partial charge in [0.15, 0.2) is 5.82 Å². The SMILES string of the molecule is O=c1[nH]c2c(F)cc(F)c(Br)c2c(=O)o1. The molecule has 1 N–H and O–H groups in total. The predicted molar refractivity (Wildman–Crippen MR) is 50.7 cm³/mol. The number of aromatic nitrogens is 1. The van der Waals surface area contributed by atoms with Crippen molar-refractivity contribution >= 4 is 26.8 Å². The van der Waals surface area contributed by atoms with Crippen LogP contribution >= 0.6 is 15.9 Å². The Morgan fingerprint density at radius 1 is 1.27 bits per heavy atom. The first-order chi connectivity index (χ1) is 7.00. The van der Waals surface area contributed by atoms with Crippen LogP contribution in [0.25, 0.3) is 10.9 Å². The fourth-order valence-corrected chi connectivity index (χ4v) is 1.65. The number of hydrogen-bond acceptors (Lipinski definition) is 3. The average Bonchev–Trinajstić information content (AvgIpc) is 2.13. The maximum Gasteiger partial charge on any atom is 0.419 e. The smallest absolute Gasteiger partial charge is 0.372 e. The molecule has 0 saturated carbocycles. The molecule has 1 aromatic heterocycles. The van der Waals surface area contributed by atoms with Crippen molar-refractivity contribution in [3.05, 3.63) is 43.1 Å². The minimum absolute atomic E-state index is 0.246. The summed E-state index contributed by atoms with van der Waals surface area (Å²) in [6, 6.07) is 0.557. The number of rotatable bonds is 0. The summed E-state index contributed by atoms with van der Waals surface area (Å²) in [4.78, 5) is 23.9. The largest absolute Gasteiger partial charge is 0.419 e. The summed E-state index contributed by atoms with van der Waals surface area (Å²) in [6.07, 6.45) is 0. The Labute approximate surface area is 88.7 Å². The van der Waals surface area contributed by atoms with Gasteiger partial charge < -0.3 is 4.42 Å². The lowest BCUT2D eigenvalue weighted by molar-refractivity contribution is 0.456. The Morgan fingerprint density at radius 3 is 2.60 bits per heavy atom. The molecule has 0 aliphatic carbocycles. The number of halogens is 3. The monoisotopic (exact) mass is 277 g/mol. The molecule has 1 aromatic carbocycles. The summed E-state index contributed by atoms with van der Waals surface area (Å²) in [7, 11) is 0. The molecule has 1 heterocycles. The van der Waals surface area contributed by atoms with Crippen molar-refractivity contribution in [3.8, 4) is 0 Å². The van der Waals surface area contributed by atoms with Crippen LogP contribution in [0.1, 0.15) is 0 Å². The van der Waals surface area contributed by atoms with Gasteiger partial charge in [0.25, 0.3) is 0 Å². The van der Waals surface area contributed by atoms with Crippen LogP contribution in [-0.2, 0) is 0 Å². The molecule has 2 rings (SSSR count). The van der Waals surface area contributed by atoms with E-state index in [1.54, 1.807) is 0 Å². The van der Waals surface area contributed by atoms with Crippen molar-refractivity contribution < 1.29 is 13.2 Å². The lowest BCUT2D eigenvalue weighted by atomic mass is 10.2. The van der Waals surface area contributed by atoms with Crippen molar-refractivity contribution in [3.63, 3.8) is 0 Å². The third-order valence-corrected chi connectivity index (χ3v) is 2.56. The molecule has 7 heteroatoms. The van der Waals surface area contributed by atoms with E-state index in [2.05, 4.69) is 20.3 Å².